The molecule has 0 fully saturated rings. The summed E-state index contributed by atoms with van der Waals surface area (Å²) < 4.78 is 1.02. The molecule has 0 atom stereocenters. The summed E-state index contributed by atoms with van der Waals surface area (Å²) in [4.78, 5) is 11.5. The lowest BCUT2D eigenvalue weighted by Gasteiger charge is -2.08. The molecule has 100 valence electrons. The number of benzene rings is 1. The highest BCUT2D eigenvalue weighted by Crippen LogP contribution is 2.20. The van der Waals surface area contributed by atoms with Crippen molar-refractivity contribution in [3.05, 3.63) is 28.7 Å². The predicted molar refractivity (Wildman–Crippen MR) is 79.8 cm³/mol. The minimum atomic E-state index is 0.116. The number of hydrogen-bond donors (Lipinski definition) is 2. The van der Waals surface area contributed by atoms with E-state index in [1.807, 2.05) is 24.3 Å². The Bertz CT molecular complexity index is 369. The molecule has 1 amide bonds. The molecule has 0 aromatic heterocycles. The van der Waals surface area contributed by atoms with Gasteiger partial charge < -0.3 is 10.6 Å². The molecule has 1 aromatic carbocycles. The van der Waals surface area contributed by atoms with Gasteiger partial charge in [0.1, 0.15) is 0 Å². The number of halogens is 1. The van der Waals surface area contributed by atoms with E-state index in [9.17, 15) is 4.79 Å². The Morgan fingerprint density at radius 3 is 2.72 bits per heavy atom. The van der Waals surface area contributed by atoms with Gasteiger partial charge in [-0.1, -0.05) is 31.9 Å². The summed E-state index contributed by atoms with van der Waals surface area (Å²) in [6, 6.07) is 7.91. The average molecular weight is 313 g/mol. The SMILES string of the molecule is CCCCCNC(=O)CCNc1ccccc1Br. The Balaban J connectivity index is 2.14. The summed E-state index contributed by atoms with van der Waals surface area (Å²) in [5.74, 6) is 0.116. The van der Waals surface area contributed by atoms with Gasteiger partial charge >= 0.3 is 0 Å². The van der Waals surface area contributed by atoms with Gasteiger partial charge in [0.2, 0.25) is 5.91 Å². The van der Waals surface area contributed by atoms with Crippen molar-refractivity contribution in [1.29, 1.82) is 0 Å². The standard InChI is InChI=1S/C14H21BrN2O/c1-2-3-6-10-17-14(18)9-11-16-13-8-5-4-7-12(13)15/h4-5,7-8,16H,2-3,6,9-11H2,1H3,(H,17,18). The number of carbonyl (C=O) groups is 1. The lowest BCUT2D eigenvalue weighted by molar-refractivity contribution is -0.120. The fourth-order valence-corrected chi connectivity index (χ4v) is 2.03. The third kappa shape index (κ3) is 6.05. The molecule has 0 unspecified atom stereocenters. The van der Waals surface area contributed by atoms with Gasteiger partial charge in [-0.2, -0.15) is 0 Å². The van der Waals surface area contributed by atoms with E-state index in [1.54, 1.807) is 0 Å². The topological polar surface area (TPSA) is 41.1 Å². The molecular formula is C14H21BrN2O. The number of anilines is 1. The van der Waals surface area contributed by atoms with Crippen molar-refractivity contribution in [3.8, 4) is 0 Å². The smallest absolute Gasteiger partial charge is 0.221 e. The molecule has 3 nitrogen and oxygen atoms in total. The minimum Gasteiger partial charge on any atom is -0.384 e. The van der Waals surface area contributed by atoms with Crippen molar-refractivity contribution in [2.24, 2.45) is 0 Å². The maximum absolute atomic E-state index is 11.5. The van der Waals surface area contributed by atoms with E-state index in [1.165, 1.54) is 12.8 Å². The molecule has 18 heavy (non-hydrogen) atoms. The maximum Gasteiger partial charge on any atom is 0.221 e. The highest BCUT2D eigenvalue weighted by atomic mass is 79.9. The Morgan fingerprint density at radius 2 is 2.00 bits per heavy atom. The Kier molecular flexibility index (Phi) is 7.49. The number of amides is 1. The van der Waals surface area contributed by atoms with Crippen LogP contribution >= 0.6 is 15.9 Å². The zero-order valence-corrected chi connectivity index (χ0v) is 12.4. The quantitative estimate of drug-likeness (QED) is 0.721. The highest BCUT2D eigenvalue weighted by molar-refractivity contribution is 9.10. The summed E-state index contributed by atoms with van der Waals surface area (Å²) in [5.41, 5.74) is 1.02. The molecule has 0 aliphatic rings. The van der Waals surface area contributed by atoms with Crippen molar-refractivity contribution in [2.75, 3.05) is 18.4 Å². The summed E-state index contributed by atoms with van der Waals surface area (Å²) in [5, 5.41) is 6.17. The maximum atomic E-state index is 11.5. The van der Waals surface area contributed by atoms with E-state index >= 15 is 0 Å². The molecule has 0 spiro atoms. The van der Waals surface area contributed by atoms with Gasteiger partial charge in [0, 0.05) is 29.7 Å². The normalized spacial score (nSPS) is 10.1. The van der Waals surface area contributed by atoms with E-state index in [0.717, 1.165) is 23.1 Å². The third-order valence-corrected chi connectivity index (χ3v) is 3.34. The number of nitrogens with one attached hydrogen (secondary N) is 2. The van der Waals surface area contributed by atoms with E-state index in [4.69, 9.17) is 0 Å². The third-order valence-electron chi connectivity index (χ3n) is 2.64. The largest absolute Gasteiger partial charge is 0.384 e. The molecule has 4 heteroatoms. The molecule has 1 rings (SSSR count). The van der Waals surface area contributed by atoms with Crippen LogP contribution in [0.1, 0.15) is 32.6 Å². The molecular weight excluding hydrogens is 292 g/mol. The zero-order chi connectivity index (χ0) is 13.2. The molecule has 0 aliphatic carbocycles. The van der Waals surface area contributed by atoms with Crippen molar-refractivity contribution in [3.63, 3.8) is 0 Å². The van der Waals surface area contributed by atoms with Crippen LogP contribution in [0, 0.1) is 0 Å². The van der Waals surface area contributed by atoms with Crippen molar-refractivity contribution in [2.45, 2.75) is 32.6 Å². The van der Waals surface area contributed by atoms with E-state index in [-0.39, 0.29) is 5.91 Å². The second kappa shape index (κ2) is 8.97. The van der Waals surface area contributed by atoms with Crippen LogP contribution in [0.15, 0.2) is 28.7 Å². The van der Waals surface area contributed by atoms with Gasteiger partial charge in [-0.3, -0.25) is 4.79 Å². The van der Waals surface area contributed by atoms with Gasteiger partial charge in [0.25, 0.3) is 0 Å². The Morgan fingerprint density at radius 1 is 1.22 bits per heavy atom. The number of rotatable bonds is 8. The van der Waals surface area contributed by atoms with Gasteiger partial charge in [-0.25, -0.2) is 0 Å². The second-order valence-corrected chi connectivity index (χ2v) is 5.07. The molecule has 2 N–H and O–H groups in total. The van der Waals surface area contributed by atoms with E-state index in [2.05, 4.69) is 33.5 Å². The van der Waals surface area contributed by atoms with Crippen LogP contribution in [0.25, 0.3) is 0 Å². The van der Waals surface area contributed by atoms with Crippen LogP contribution in [-0.2, 0) is 4.79 Å². The van der Waals surface area contributed by atoms with Crippen LogP contribution in [-0.4, -0.2) is 19.0 Å². The van der Waals surface area contributed by atoms with Crippen LogP contribution in [0.3, 0.4) is 0 Å². The number of unbranched alkanes of at least 4 members (excludes halogenated alkanes) is 2. The number of hydrogen-bond acceptors (Lipinski definition) is 2. The first kappa shape index (κ1) is 15.0. The lowest BCUT2D eigenvalue weighted by Crippen LogP contribution is -2.26. The van der Waals surface area contributed by atoms with E-state index in [0.29, 0.717) is 13.0 Å². The fraction of sp³-hybridized carbons (Fsp3) is 0.500. The zero-order valence-electron chi connectivity index (χ0n) is 10.8. The van der Waals surface area contributed by atoms with Crippen molar-refractivity contribution in [1.82, 2.24) is 5.32 Å². The molecule has 0 saturated heterocycles. The number of para-hydroxylation sites is 1. The van der Waals surface area contributed by atoms with E-state index < -0.39 is 0 Å². The molecule has 0 saturated carbocycles. The minimum absolute atomic E-state index is 0.116. The lowest BCUT2D eigenvalue weighted by atomic mass is 10.2. The number of carbonyl (C=O) groups excluding carboxylic acids is 1. The van der Waals surface area contributed by atoms with Crippen LogP contribution in [0.4, 0.5) is 5.69 Å². The summed E-state index contributed by atoms with van der Waals surface area (Å²) in [6.07, 6.45) is 3.93. The first-order valence-electron chi connectivity index (χ1n) is 6.49. The molecule has 0 aliphatic heterocycles. The van der Waals surface area contributed by atoms with Gasteiger partial charge in [-0.15, -0.1) is 0 Å². The summed E-state index contributed by atoms with van der Waals surface area (Å²) >= 11 is 3.46. The monoisotopic (exact) mass is 312 g/mol. The summed E-state index contributed by atoms with van der Waals surface area (Å²) in [6.45, 7) is 3.60. The predicted octanol–water partition coefficient (Wildman–Crippen LogP) is 3.56. The molecule has 0 bridgehead atoms. The van der Waals surface area contributed by atoms with Crippen LogP contribution < -0.4 is 10.6 Å². The summed E-state index contributed by atoms with van der Waals surface area (Å²) in [7, 11) is 0. The Labute approximate surface area is 117 Å². The van der Waals surface area contributed by atoms with Gasteiger partial charge in [-0.05, 0) is 34.5 Å². The first-order chi connectivity index (χ1) is 8.74. The second-order valence-electron chi connectivity index (χ2n) is 4.21. The molecule has 0 radical (unpaired) electrons. The first-order valence-corrected chi connectivity index (χ1v) is 7.28. The van der Waals surface area contributed by atoms with Crippen molar-refractivity contribution < 1.29 is 4.79 Å². The van der Waals surface area contributed by atoms with Crippen LogP contribution in [0.5, 0.6) is 0 Å². The van der Waals surface area contributed by atoms with Gasteiger partial charge in [0.15, 0.2) is 0 Å². The highest BCUT2D eigenvalue weighted by Gasteiger charge is 2.01. The van der Waals surface area contributed by atoms with Crippen molar-refractivity contribution >= 4 is 27.5 Å². The van der Waals surface area contributed by atoms with Crippen LogP contribution in [0.2, 0.25) is 0 Å². The fourth-order valence-electron chi connectivity index (χ4n) is 1.61. The Hall–Kier alpha value is -1.03. The molecule has 0 heterocycles. The molecule has 1 aromatic rings. The van der Waals surface area contributed by atoms with Gasteiger partial charge in [0.05, 0.1) is 0 Å². The average Bonchev–Trinajstić information content (AvgIpc) is 2.37.